The van der Waals surface area contributed by atoms with Crippen molar-refractivity contribution in [1.29, 1.82) is 0 Å². The summed E-state index contributed by atoms with van der Waals surface area (Å²) in [5.41, 5.74) is 1.59. The van der Waals surface area contributed by atoms with Crippen LogP contribution in [-0.4, -0.2) is 17.7 Å². The largest absolute Gasteiger partial charge is 0.483 e. The molecule has 0 unspecified atom stereocenters. The third kappa shape index (κ3) is 3.90. The van der Waals surface area contributed by atoms with Gasteiger partial charge in [-0.15, -0.1) is 0 Å². The number of nitrogens with zero attached hydrogens (tertiary/aromatic N) is 1. The fraction of sp³-hybridized carbons (Fsp3) is 0.333. The molecule has 0 aliphatic rings. The van der Waals surface area contributed by atoms with Gasteiger partial charge in [0.15, 0.2) is 6.61 Å². The van der Waals surface area contributed by atoms with Crippen molar-refractivity contribution in [3.05, 3.63) is 27.8 Å². The molecular formula is C9H6F6N2O3. The van der Waals surface area contributed by atoms with Gasteiger partial charge in [0.05, 0.1) is 4.92 Å². The first-order valence-electron chi connectivity index (χ1n) is 4.76. The summed E-state index contributed by atoms with van der Waals surface area (Å²) in [6.07, 6.45) is -9.99. The van der Waals surface area contributed by atoms with E-state index in [4.69, 9.17) is 5.73 Å². The van der Waals surface area contributed by atoms with Crippen LogP contribution in [0.25, 0.3) is 0 Å². The van der Waals surface area contributed by atoms with E-state index in [1.54, 1.807) is 0 Å². The minimum absolute atomic E-state index is 0.0288. The maximum Gasteiger partial charge on any atom is 0.422 e. The summed E-state index contributed by atoms with van der Waals surface area (Å²) >= 11 is 0. The van der Waals surface area contributed by atoms with E-state index in [1.165, 1.54) is 0 Å². The van der Waals surface area contributed by atoms with E-state index in [0.717, 1.165) is 0 Å². The Kier molecular flexibility index (Phi) is 4.01. The smallest absolute Gasteiger partial charge is 0.422 e. The molecule has 0 aromatic heterocycles. The van der Waals surface area contributed by atoms with Gasteiger partial charge in [-0.25, -0.2) is 0 Å². The molecular weight excluding hydrogens is 298 g/mol. The molecule has 1 aromatic carbocycles. The summed E-state index contributed by atoms with van der Waals surface area (Å²) in [4.78, 5) is 9.28. The summed E-state index contributed by atoms with van der Waals surface area (Å²) in [5, 5.41) is 10.5. The zero-order chi connectivity index (χ0) is 15.7. The SMILES string of the molecule is Nc1cc(OCC(F)(F)F)c(C(F)(F)F)cc1[N+](=O)[O-]. The maximum atomic E-state index is 12.6. The van der Waals surface area contributed by atoms with Gasteiger partial charge in [-0.3, -0.25) is 10.1 Å². The highest BCUT2D eigenvalue weighted by Gasteiger charge is 2.38. The molecule has 1 rings (SSSR count). The third-order valence-corrected chi connectivity index (χ3v) is 2.02. The highest BCUT2D eigenvalue weighted by molar-refractivity contribution is 5.64. The summed E-state index contributed by atoms with van der Waals surface area (Å²) in [6.45, 7) is -1.98. The first-order chi connectivity index (χ1) is 8.92. The Morgan fingerprint density at radius 1 is 1.20 bits per heavy atom. The second-order valence-electron chi connectivity index (χ2n) is 3.57. The molecule has 0 heterocycles. The van der Waals surface area contributed by atoms with Gasteiger partial charge in [0.1, 0.15) is 17.0 Å². The van der Waals surface area contributed by atoms with E-state index in [0.29, 0.717) is 6.07 Å². The van der Waals surface area contributed by atoms with Crippen LogP contribution in [0.4, 0.5) is 37.7 Å². The summed E-state index contributed by atoms with van der Waals surface area (Å²) in [6, 6.07) is 0.369. The number of nitrogens with two attached hydrogens (primary N) is 1. The summed E-state index contributed by atoms with van der Waals surface area (Å²) in [7, 11) is 0. The molecule has 0 saturated heterocycles. The molecule has 0 fully saturated rings. The molecule has 5 nitrogen and oxygen atoms in total. The second kappa shape index (κ2) is 5.06. The lowest BCUT2D eigenvalue weighted by Crippen LogP contribution is -2.21. The van der Waals surface area contributed by atoms with E-state index < -0.39 is 46.6 Å². The standard InChI is InChI=1S/C9H6F6N2O3/c10-8(11,12)3-20-7-2-5(16)6(17(18)19)1-4(7)9(13,14)15/h1-2H,3,16H2. The van der Waals surface area contributed by atoms with Crippen molar-refractivity contribution in [3.63, 3.8) is 0 Å². The number of hydrogen-bond acceptors (Lipinski definition) is 4. The average Bonchev–Trinajstić information content (AvgIpc) is 2.23. The molecule has 11 heteroatoms. The first kappa shape index (κ1) is 15.9. The minimum atomic E-state index is -5.13. The first-order valence-corrected chi connectivity index (χ1v) is 4.76. The van der Waals surface area contributed by atoms with E-state index >= 15 is 0 Å². The van der Waals surface area contributed by atoms with Gasteiger partial charge in [-0.1, -0.05) is 0 Å². The van der Waals surface area contributed by atoms with Crippen molar-refractivity contribution in [3.8, 4) is 5.75 Å². The average molecular weight is 304 g/mol. The Hall–Kier alpha value is -2.20. The van der Waals surface area contributed by atoms with E-state index in [9.17, 15) is 36.5 Å². The quantitative estimate of drug-likeness (QED) is 0.403. The molecule has 2 N–H and O–H groups in total. The summed E-state index contributed by atoms with van der Waals surface area (Å²) < 4.78 is 77.6. The van der Waals surface area contributed by atoms with Crippen LogP contribution in [-0.2, 0) is 6.18 Å². The van der Waals surface area contributed by atoms with Crippen LogP contribution >= 0.6 is 0 Å². The number of hydrogen-bond donors (Lipinski definition) is 1. The monoisotopic (exact) mass is 304 g/mol. The number of nitro groups is 1. The number of nitrogen functional groups attached to an aromatic ring is 1. The van der Waals surface area contributed by atoms with Crippen LogP contribution < -0.4 is 10.5 Å². The molecule has 0 aliphatic carbocycles. The van der Waals surface area contributed by atoms with Gasteiger partial charge in [0.2, 0.25) is 0 Å². The minimum Gasteiger partial charge on any atom is -0.483 e. The zero-order valence-corrected chi connectivity index (χ0v) is 9.38. The number of alkyl halides is 6. The number of halogens is 6. The van der Waals surface area contributed by atoms with Crippen LogP contribution in [0.2, 0.25) is 0 Å². The predicted molar refractivity (Wildman–Crippen MR) is 54.1 cm³/mol. The van der Waals surface area contributed by atoms with Crippen molar-refractivity contribution in [1.82, 2.24) is 0 Å². The van der Waals surface area contributed by atoms with Crippen molar-refractivity contribution >= 4 is 11.4 Å². The van der Waals surface area contributed by atoms with Gasteiger partial charge in [0, 0.05) is 12.1 Å². The Labute approximate surface area is 107 Å². The number of benzene rings is 1. The lowest BCUT2D eigenvalue weighted by Gasteiger charge is -2.15. The molecule has 0 saturated carbocycles. The lowest BCUT2D eigenvalue weighted by atomic mass is 10.1. The highest BCUT2D eigenvalue weighted by Crippen LogP contribution is 2.41. The fourth-order valence-corrected chi connectivity index (χ4v) is 1.24. The molecule has 0 atom stereocenters. The lowest BCUT2D eigenvalue weighted by molar-refractivity contribution is -0.384. The maximum absolute atomic E-state index is 12.6. The fourth-order valence-electron chi connectivity index (χ4n) is 1.24. The number of rotatable bonds is 3. The topological polar surface area (TPSA) is 78.4 Å². The Balaban J connectivity index is 3.29. The van der Waals surface area contributed by atoms with Crippen LogP contribution in [0, 0.1) is 10.1 Å². The van der Waals surface area contributed by atoms with Gasteiger partial charge < -0.3 is 10.5 Å². The van der Waals surface area contributed by atoms with Crippen LogP contribution in [0.15, 0.2) is 12.1 Å². The Morgan fingerprint density at radius 2 is 1.75 bits per heavy atom. The molecule has 0 aliphatic heterocycles. The van der Waals surface area contributed by atoms with Crippen molar-refractivity contribution < 1.29 is 36.0 Å². The van der Waals surface area contributed by atoms with Crippen molar-refractivity contribution in [2.24, 2.45) is 0 Å². The Bertz CT molecular complexity index is 526. The number of ether oxygens (including phenoxy) is 1. The van der Waals surface area contributed by atoms with E-state index in [2.05, 4.69) is 4.74 Å². The van der Waals surface area contributed by atoms with Gasteiger partial charge in [0.25, 0.3) is 5.69 Å². The van der Waals surface area contributed by atoms with Crippen LogP contribution in [0.5, 0.6) is 5.75 Å². The molecule has 0 spiro atoms. The molecule has 0 amide bonds. The van der Waals surface area contributed by atoms with Crippen LogP contribution in [0.3, 0.4) is 0 Å². The molecule has 0 bridgehead atoms. The van der Waals surface area contributed by atoms with Crippen LogP contribution in [0.1, 0.15) is 5.56 Å². The Morgan fingerprint density at radius 3 is 2.15 bits per heavy atom. The number of anilines is 1. The van der Waals surface area contributed by atoms with Gasteiger partial charge >= 0.3 is 12.4 Å². The third-order valence-electron chi connectivity index (χ3n) is 2.02. The van der Waals surface area contributed by atoms with Gasteiger partial charge in [-0.05, 0) is 0 Å². The normalized spacial score (nSPS) is 12.3. The predicted octanol–water partition coefficient (Wildman–Crippen LogP) is 3.14. The van der Waals surface area contributed by atoms with Crippen molar-refractivity contribution in [2.75, 3.05) is 12.3 Å². The highest BCUT2D eigenvalue weighted by atomic mass is 19.4. The molecule has 112 valence electrons. The van der Waals surface area contributed by atoms with E-state index in [1.807, 2.05) is 0 Å². The second-order valence-corrected chi connectivity index (χ2v) is 3.57. The zero-order valence-electron chi connectivity index (χ0n) is 9.38. The van der Waals surface area contributed by atoms with Crippen molar-refractivity contribution in [2.45, 2.75) is 12.4 Å². The number of nitro benzene ring substituents is 1. The molecule has 0 radical (unpaired) electrons. The van der Waals surface area contributed by atoms with Gasteiger partial charge in [-0.2, -0.15) is 26.3 Å². The summed E-state index contributed by atoms with van der Waals surface area (Å²) in [5.74, 6) is -1.22. The molecule has 20 heavy (non-hydrogen) atoms. The van der Waals surface area contributed by atoms with E-state index in [-0.39, 0.29) is 6.07 Å². The molecule has 1 aromatic rings.